The molecular weight excluding hydrogens is 452 g/mol. The molecule has 1 saturated heterocycles. The number of carbonyl (C=O) groups excluding carboxylic acids is 1. The largest absolute Gasteiger partial charge is 0.420 e. The number of anilines is 1. The van der Waals surface area contributed by atoms with Crippen LogP contribution in [0.5, 0.6) is 0 Å². The van der Waals surface area contributed by atoms with Gasteiger partial charge in [0.05, 0.1) is 20.6 Å². The van der Waals surface area contributed by atoms with Crippen molar-refractivity contribution in [3.8, 4) is 0 Å². The van der Waals surface area contributed by atoms with E-state index in [1.165, 1.54) is 22.2 Å². The Bertz CT molecular complexity index is 1490. The number of fused-ring (bicyclic) bond motifs is 2. The topological polar surface area (TPSA) is 106 Å². The summed E-state index contributed by atoms with van der Waals surface area (Å²) in [7, 11) is -3.28. The van der Waals surface area contributed by atoms with E-state index >= 15 is 0 Å². The molecule has 0 atom stereocenters. The second-order valence-electron chi connectivity index (χ2n) is 7.69. The molecule has 1 amide bonds. The van der Waals surface area contributed by atoms with E-state index in [-0.39, 0.29) is 17.3 Å². The molecule has 166 valence electrons. The Morgan fingerprint density at radius 2 is 1.88 bits per heavy atom. The number of hydrogen-bond donors (Lipinski definition) is 0. The minimum Gasteiger partial charge on any atom is -0.408 e. The average molecular weight is 473 g/mol. The SMILES string of the molecule is CS(=O)(=O)c1ccc2nc(N3CCN(C(=O)Cn4c(=O)oc5ccccc54)CC3)sc2c1. The van der Waals surface area contributed by atoms with Gasteiger partial charge in [-0.1, -0.05) is 23.5 Å². The van der Waals surface area contributed by atoms with Gasteiger partial charge in [0.15, 0.2) is 20.6 Å². The molecule has 1 fully saturated rings. The van der Waals surface area contributed by atoms with Gasteiger partial charge in [0.2, 0.25) is 5.91 Å². The number of hydrogen-bond acceptors (Lipinski definition) is 8. The number of carbonyl (C=O) groups is 1. The predicted octanol–water partition coefficient (Wildman–Crippen LogP) is 1.96. The quantitative estimate of drug-likeness (QED) is 0.447. The number of rotatable bonds is 4. The number of aromatic nitrogens is 2. The van der Waals surface area contributed by atoms with E-state index in [0.717, 1.165) is 15.3 Å². The molecule has 5 rings (SSSR count). The van der Waals surface area contributed by atoms with Gasteiger partial charge in [-0.05, 0) is 30.3 Å². The molecule has 1 aliphatic rings. The van der Waals surface area contributed by atoms with Crippen LogP contribution < -0.4 is 10.7 Å². The Kier molecular flexibility index (Phi) is 5.01. The maximum absolute atomic E-state index is 12.8. The Morgan fingerprint density at radius 3 is 2.62 bits per heavy atom. The van der Waals surface area contributed by atoms with Gasteiger partial charge in [-0.15, -0.1) is 0 Å². The summed E-state index contributed by atoms with van der Waals surface area (Å²) in [6.07, 6.45) is 1.19. The number of piperazine rings is 1. The molecule has 3 heterocycles. The van der Waals surface area contributed by atoms with Crippen LogP contribution in [0.15, 0.2) is 56.6 Å². The maximum atomic E-state index is 12.8. The fourth-order valence-corrected chi connectivity index (χ4v) is 5.58. The first kappa shape index (κ1) is 20.7. The van der Waals surface area contributed by atoms with Crippen LogP contribution in [0.4, 0.5) is 5.13 Å². The monoisotopic (exact) mass is 472 g/mol. The molecular formula is C21H20N4O5S2. The lowest BCUT2D eigenvalue weighted by Gasteiger charge is -2.34. The van der Waals surface area contributed by atoms with Crippen LogP contribution in [-0.4, -0.2) is 61.2 Å². The van der Waals surface area contributed by atoms with Crippen LogP contribution in [0.1, 0.15) is 0 Å². The van der Waals surface area contributed by atoms with E-state index in [9.17, 15) is 18.0 Å². The molecule has 0 bridgehead atoms. The van der Waals surface area contributed by atoms with Gasteiger partial charge in [0.1, 0.15) is 6.54 Å². The van der Waals surface area contributed by atoms with E-state index < -0.39 is 15.6 Å². The standard InChI is InChI=1S/C21H20N4O5S2/c1-32(28,29)14-6-7-15-18(12-14)31-20(22-15)24-10-8-23(9-11-24)19(26)13-25-16-4-2-3-5-17(16)30-21(25)27/h2-7,12H,8-11,13H2,1H3. The third-order valence-electron chi connectivity index (χ3n) is 5.55. The molecule has 0 aliphatic carbocycles. The first-order valence-corrected chi connectivity index (χ1v) is 12.7. The van der Waals surface area contributed by atoms with Crippen LogP contribution in [-0.2, 0) is 21.2 Å². The highest BCUT2D eigenvalue weighted by Gasteiger charge is 2.24. The van der Waals surface area contributed by atoms with Gasteiger partial charge in [-0.2, -0.15) is 0 Å². The third-order valence-corrected chi connectivity index (χ3v) is 7.74. The van der Waals surface area contributed by atoms with Crippen molar-refractivity contribution >= 4 is 53.5 Å². The fourth-order valence-electron chi connectivity index (χ4n) is 3.80. The van der Waals surface area contributed by atoms with E-state index in [2.05, 4.69) is 9.88 Å². The first-order chi connectivity index (χ1) is 15.3. The van der Waals surface area contributed by atoms with Crippen molar-refractivity contribution in [2.24, 2.45) is 0 Å². The zero-order valence-corrected chi connectivity index (χ0v) is 18.9. The second-order valence-corrected chi connectivity index (χ2v) is 10.7. The number of nitrogens with zero attached hydrogens (tertiary/aromatic N) is 4. The van der Waals surface area contributed by atoms with Crippen molar-refractivity contribution < 1.29 is 17.6 Å². The Labute approximate surface area is 187 Å². The Morgan fingerprint density at radius 1 is 1.12 bits per heavy atom. The number of thiazole rings is 1. The van der Waals surface area contributed by atoms with Gasteiger partial charge >= 0.3 is 5.76 Å². The number of benzene rings is 2. The predicted molar refractivity (Wildman–Crippen MR) is 122 cm³/mol. The highest BCUT2D eigenvalue weighted by molar-refractivity contribution is 7.90. The number of sulfone groups is 1. The van der Waals surface area contributed by atoms with Crippen molar-refractivity contribution in [2.75, 3.05) is 37.3 Å². The summed E-state index contributed by atoms with van der Waals surface area (Å²) < 4.78 is 31.0. The van der Waals surface area contributed by atoms with Gasteiger partial charge in [-0.25, -0.2) is 18.2 Å². The van der Waals surface area contributed by atoms with E-state index in [1.54, 1.807) is 47.4 Å². The van der Waals surface area contributed by atoms with E-state index in [4.69, 9.17) is 4.42 Å². The molecule has 0 unspecified atom stereocenters. The van der Waals surface area contributed by atoms with Crippen LogP contribution >= 0.6 is 11.3 Å². The normalized spacial score (nSPS) is 15.0. The smallest absolute Gasteiger partial charge is 0.408 e. The molecule has 0 spiro atoms. The van der Waals surface area contributed by atoms with Gasteiger partial charge in [0.25, 0.3) is 0 Å². The fraction of sp³-hybridized carbons (Fsp3) is 0.286. The maximum Gasteiger partial charge on any atom is 0.420 e. The Balaban J connectivity index is 1.28. The van der Waals surface area contributed by atoms with Crippen molar-refractivity contribution in [2.45, 2.75) is 11.4 Å². The summed E-state index contributed by atoms with van der Waals surface area (Å²) in [6.45, 7) is 2.16. The number of oxazole rings is 1. The minimum absolute atomic E-state index is 0.0642. The lowest BCUT2D eigenvalue weighted by atomic mass is 10.3. The molecule has 1 aliphatic heterocycles. The number of para-hydroxylation sites is 2. The third kappa shape index (κ3) is 3.78. The van der Waals surface area contributed by atoms with E-state index in [0.29, 0.717) is 37.3 Å². The lowest BCUT2D eigenvalue weighted by Crippen LogP contribution is -2.50. The van der Waals surface area contributed by atoms with Crippen molar-refractivity contribution in [1.29, 1.82) is 0 Å². The summed E-state index contributed by atoms with van der Waals surface area (Å²) in [4.78, 5) is 33.7. The van der Waals surface area contributed by atoms with Crippen molar-refractivity contribution in [3.05, 3.63) is 53.0 Å². The molecule has 4 aromatic rings. The van der Waals surface area contributed by atoms with Crippen molar-refractivity contribution in [1.82, 2.24) is 14.5 Å². The minimum atomic E-state index is -3.28. The highest BCUT2D eigenvalue weighted by atomic mass is 32.2. The molecule has 32 heavy (non-hydrogen) atoms. The van der Waals surface area contributed by atoms with Crippen LogP contribution in [0.2, 0.25) is 0 Å². The van der Waals surface area contributed by atoms with E-state index in [1.807, 2.05) is 0 Å². The van der Waals surface area contributed by atoms with Crippen LogP contribution in [0, 0.1) is 0 Å². The molecule has 2 aromatic carbocycles. The summed E-state index contributed by atoms with van der Waals surface area (Å²) in [5, 5.41) is 0.801. The zero-order valence-electron chi connectivity index (χ0n) is 17.2. The molecule has 0 radical (unpaired) electrons. The molecule has 0 saturated carbocycles. The van der Waals surface area contributed by atoms with Crippen LogP contribution in [0.25, 0.3) is 21.3 Å². The summed E-state index contributed by atoms with van der Waals surface area (Å²) in [5.74, 6) is -0.679. The highest BCUT2D eigenvalue weighted by Crippen LogP contribution is 2.31. The van der Waals surface area contributed by atoms with Gasteiger partial charge in [-0.3, -0.25) is 9.36 Å². The molecule has 9 nitrogen and oxygen atoms in total. The summed E-state index contributed by atoms with van der Waals surface area (Å²) >= 11 is 1.44. The van der Waals surface area contributed by atoms with Gasteiger partial charge in [0, 0.05) is 32.4 Å². The number of amides is 1. The Hall–Kier alpha value is -3.18. The molecule has 2 aromatic heterocycles. The first-order valence-electron chi connectivity index (χ1n) is 10.0. The van der Waals surface area contributed by atoms with Crippen LogP contribution in [0.3, 0.4) is 0 Å². The zero-order chi connectivity index (χ0) is 22.5. The summed E-state index contributed by atoms with van der Waals surface area (Å²) in [5.41, 5.74) is 1.82. The average Bonchev–Trinajstić information content (AvgIpc) is 3.33. The van der Waals surface area contributed by atoms with Crippen molar-refractivity contribution in [3.63, 3.8) is 0 Å². The van der Waals surface area contributed by atoms with Gasteiger partial charge < -0.3 is 14.2 Å². The molecule has 0 N–H and O–H groups in total. The summed E-state index contributed by atoms with van der Waals surface area (Å²) in [6, 6.07) is 12.0. The lowest BCUT2D eigenvalue weighted by molar-refractivity contribution is -0.132. The second kappa shape index (κ2) is 7.75. The molecule has 11 heteroatoms.